The van der Waals surface area contributed by atoms with Crippen molar-refractivity contribution in [1.29, 1.82) is 0 Å². The minimum Gasteiger partial charge on any atom is -0.461 e. The Morgan fingerprint density at radius 3 is 2.43 bits per heavy atom. The van der Waals surface area contributed by atoms with E-state index in [1.165, 1.54) is 6.42 Å². The van der Waals surface area contributed by atoms with Crippen molar-refractivity contribution in [2.45, 2.75) is 51.5 Å². The molecular weight excluding hydrogens is 444 g/mol. The van der Waals surface area contributed by atoms with Gasteiger partial charge in [0, 0.05) is 28.2 Å². The van der Waals surface area contributed by atoms with Crippen LogP contribution in [0.2, 0.25) is 0 Å². The molecular formula is C27H32N4O4. The number of rotatable bonds is 8. The Balaban J connectivity index is 1.32. The summed E-state index contributed by atoms with van der Waals surface area (Å²) in [4.78, 5) is 40.0. The highest BCUT2D eigenvalue weighted by atomic mass is 16.5. The van der Waals surface area contributed by atoms with Crippen LogP contribution < -0.4 is 16.4 Å². The topological polar surface area (TPSA) is 126 Å². The maximum atomic E-state index is 12.7. The minimum absolute atomic E-state index is 0.0855. The van der Waals surface area contributed by atoms with Gasteiger partial charge in [-0.05, 0) is 68.1 Å². The van der Waals surface area contributed by atoms with E-state index in [9.17, 15) is 14.4 Å². The molecule has 0 bridgehead atoms. The predicted octanol–water partition coefficient (Wildman–Crippen LogP) is 4.37. The van der Waals surface area contributed by atoms with Crippen molar-refractivity contribution >= 4 is 40.1 Å². The van der Waals surface area contributed by atoms with Gasteiger partial charge in [0.1, 0.15) is 5.69 Å². The van der Waals surface area contributed by atoms with Gasteiger partial charge in [-0.1, -0.05) is 31.4 Å². The number of esters is 1. The van der Waals surface area contributed by atoms with Gasteiger partial charge < -0.3 is 26.1 Å². The Bertz CT molecular complexity index is 1200. The van der Waals surface area contributed by atoms with Gasteiger partial charge in [-0.25, -0.2) is 4.79 Å². The van der Waals surface area contributed by atoms with E-state index in [1.54, 1.807) is 31.2 Å². The van der Waals surface area contributed by atoms with Gasteiger partial charge in [-0.15, -0.1) is 0 Å². The fourth-order valence-corrected chi connectivity index (χ4v) is 4.44. The molecule has 4 rings (SSSR count). The molecule has 1 aliphatic carbocycles. The van der Waals surface area contributed by atoms with Crippen molar-refractivity contribution < 1.29 is 19.1 Å². The first kappa shape index (κ1) is 24.5. The fraction of sp³-hybridized carbons (Fsp3) is 0.370. The molecule has 35 heavy (non-hydrogen) atoms. The van der Waals surface area contributed by atoms with E-state index < -0.39 is 12.0 Å². The molecule has 2 amide bonds. The van der Waals surface area contributed by atoms with Crippen LogP contribution in [0.25, 0.3) is 10.9 Å². The molecule has 0 saturated heterocycles. The van der Waals surface area contributed by atoms with E-state index >= 15 is 0 Å². The Morgan fingerprint density at radius 2 is 1.71 bits per heavy atom. The second-order valence-corrected chi connectivity index (χ2v) is 9.03. The number of benzene rings is 2. The van der Waals surface area contributed by atoms with E-state index in [-0.39, 0.29) is 17.7 Å². The number of hydrogen-bond acceptors (Lipinski definition) is 5. The lowest BCUT2D eigenvalue weighted by Gasteiger charge is -2.20. The minimum atomic E-state index is -0.741. The molecule has 1 unspecified atom stereocenters. The molecule has 2 aromatic carbocycles. The summed E-state index contributed by atoms with van der Waals surface area (Å²) in [5.74, 6) is -0.541. The number of carbonyl (C=O) groups excluding carboxylic acids is 3. The normalized spacial score (nSPS) is 14.9. The Kier molecular flexibility index (Phi) is 7.82. The zero-order chi connectivity index (χ0) is 24.8. The molecule has 8 heteroatoms. The summed E-state index contributed by atoms with van der Waals surface area (Å²) in [6.45, 7) is 2.05. The second kappa shape index (κ2) is 11.2. The largest absolute Gasteiger partial charge is 0.461 e. The van der Waals surface area contributed by atoms with E-state index in [2.05, 4.69) is 15.6 Å². The van der Waals surface area contributed by atoms with Gasteiger partial charge in [0.2, 0.25) is 11.8 Å². The number of hydrogen-bond donors (Lipinski definition) is 4. The summed E-state index contributed by atoms with van der Waals surface area (Å²) >= 11 is 0. The molecule has 1 heterocycles. The number of aromatic nitrogens is 1. The first-order valence-corrected chi connectivity index (χ1v) is 12.2. The molecule has 1 saturated carbocycles. The van der Waals surface area contributed by atoms with Crippen LogP contribution in [-0.2, 0) is 20.7 Å². The average molecular weight is 477 g/mol. The number of aromatic amines is 1. The van der Waals surface area contributed by atoms with Crippen molar-refractivity contribution in [2.24, 2.45) is 11.7 Å². The van der Waals surface area contributed by atoms with Gasteiger partial charge in [-0.3, -0.25) is 9.59 Å². The first-order valence-electron chi connectivity index (χ1n) is 12.2. The number of nitrogens with two attached hydrogens (primary N) is 1. The highest BCUT2D eigenvalue weighted by molar-refractivity contribution is 5.99. The van der Waals surface area contributed by atoms with Crippen LogP contribution >= 0.6 is 0 Å². The molecule has 5 N–H and O–H groups in total. The third-order valence-corrected chi connectivity index (χ3v) is 6.37. The van der Waals surface area contributed by atoms with Gasteiger partial charge >= 0.3 is 5.97 Å². The van der Waals surface area contributed by atoms with Gasteiger partial charge in [0.05, 0.1) is 12.6 Å². The summed E-state index contributed by atoms with van der Waals surface area (Å²) in [6.07, 6.45) is 5.72. The summed E-state index contributed by atoms with van der Waals surface area (Å²) in [6, 6.07) is 13.7. The van der Waals surface area contributed by atoms with Crippen LogP contribution in [0.5, 0.6) is 0 Å². The zero-order valence-electron chi connectivity index (χ0n) is 19.9. The standard InChI is InChI=1S/C27H32N4O4/c1-2-35-27(34)24-16-19-15-21(12-13-23(19)31-24)30-26(33)22(28)14-17-8-10-20(11-9-17)29-25(32)18-6-4-3-5-7-18/h8-13,15-16,18,22,31H,2-7,14,28H2,1H3,(H,29,32)(H,30,33). The summed E-state index contributed by atoms with van der Waals surface area (Å²) in [7, 11) is 0. The summed E-state index contributed by atoms with van der Waals surface area (Å²) < 4.78 is 5.02. The van der Waals surface area contributed by atoms with Crippen molar-refractivity contribution in [1.82, 2.24) is 4.98 Å². The van der Waals surface area contributed by atoms with Crippen LogP contribution in [0.3, 0.4) is 0 Å². The molecule has 1 fully saturated rings. The Morgan fingerprint density at radius 1 is 1.00 bits per heavy atom. The van der Waals surface area contributed by atoms with Crippen molar-refractivity contribution in [2.75, 3.05) is 17.2 Å². The molecule has 8 nitrogen and oxygen atoms in total. The predicted molar refractivity (Wildman–Crippen MR) is 136 cm³/mol. The van der Waals surface area contributed by atoms with Gasteiger partial charge in [0.25, 0.3) is 0 Å². The quantitative estimate of drug-likeness (QED) is 0.359. The van der Waals surface area contributed by atoms with Crippen LogP contribution in [0.15, 0.2) is 48.5 Å². The highest BCUT2D eigenvalue weighted by Crippen LogP contribution is 2.25. The summed E-state index contributed by atoms with van der Waals surface area (Å²) in [5.41, 5.74) is 9.54. The number of fused-ring (bicyclic) bond motifs is 1. The molecule has 1 aromatic heterocycles. The zero-order valence-corrected chi connectivity index (χ0v) is 19.9. The van der Waals surface area contributed by atoms with E-state index in [0.717, 1.165) is 47.8 Å². The SMILES string of the molecule is CCOC(=O)c1cc2cc(NC(=O)C(N)Cc3ccc(NC(=O)C4CCCCC4)cc3)ccc2[nH]1. The van der Waals surface area contributed by atoms with E-state index in [4.69, 9.17) is 10.5 Å². The third-order valence-electron chi connectivity index (χ3n) is 6.37. The monoisotopic (exact) mass is 476 g/mol. The molecule has 184 valence electrons. The lowest BCUT2D eigenvalue weighted by molar-refractivity contribution is -0.120. The first-order chi connectivity index (χ1) is 16.9. The maximum absolute atomic E-state index is 12.7. The van der Waals surface area contributed by atoms with Crippen LogP contribution in [0, 0.1) is 5.92 Å². The molecule has 0 radical (unpaired) electrons. The van der Waals surface area contributed by atoms with Crippen molar-refractivity contribution in [3.8, 4) is 0 Å². The summed E-state index contributed by atoms with van der Waals surface area (Å²) in [5, 5.41) is 6.62. The van der Waals surface area contributed by atoms with Crippen LogP contribution in [-0.4, -0.2) is 35.4 Å². The molecule has 0 spiro atoms. The number of anilines is 2. The van der Waals surface area contributed by atoms with E-state index in [0.29, 0.717) is 24.4 Å². The van der Waals surface area contributed by atoms with Gasteiger partial charge in [0.15, 0.2) is 0 Å². The van der Waals surface area contributed by atoms with Crippen LogP contribution in [0.4, 0.5) is 11.4 Å². The highest BCUT2D eigenvalue weighted by Gasteiger charge is 2.21. The molecule has 0 aliphatic heterocycles. The average Bonchev–Trinajstić information content (AvgIpc) is 3.29. The Hall–Kier alpha value is -3.65. The van der Waals surface area contributed by atoms with Gasteiger partial charge in [-0.2, -0.15) is 0 Å². The third kappa shape index (κ3) is 6.27. The number of H-pyrrole nitrogens is 1. The lowest BCUT2D eigenvalue weighted by atomic mass is 9.88. The number of nitrogens with one attached hydrogen (secondary N) is 3. The van der Waals surface area contributed by atoms with Crippen LogP contribution in [0.1, 0.15) is 55.1 Å². The maximum Gasteiger partial charge on any atom is 0.354 e. The smallest absolute Gasteiger partial charge is 0.354 e. The van der Waals surface area contributed by atoms with E-state index in [1.807, 2.05) is 24.3 Å². The molecule has 3 aromatic rings. The van der Waals surface area contributed by atoms with Crippen molar-refractivity contribution in [3.63, 3.8) is 0 Å². The molecule has 1 atom stereocenters. The second-order valence-electron chi connectivity index (χ2n) is 9.03. The number of ether oxygens (including phenoxy) is 1. The fourth-order valence-electron chi connectivity index (χ4n) is 4.44. The Labute approximate surface area is 204 Å². The number of amides is 2. The van der Waals surface area contributed by atoms with Crippen molar-refractivity contribution in [3.05, 3.63) is 59.8 Å². The lowest BCUT2D eigenvalue weighted by Crippen LogP contribution is -2.37. The number of carbonyl (C=O) groups is 3. The molecule has 1 aliphatic rings.